The van der Waals surface area contributed by atoms with Crippen LogP contribution in [0.3, 0.4) is 0 Å². The topological polar surface area (TPSA) is 42.4 Å². The molecule has 3 rings (SSSR count). The second-order valence-electron chi connectivity index (χ2n) is 5.21. The zero-order valence-electron chi connectivity index (χ0n) is 12.8. The molecule has 1 amide bonds. The first-order valence-electron chi connectivity index (χ1n) is 7.53. The number of carbonyl (C=O) groups is 1. The number of benzene rings is 1. The summed E-state index contributed by atoms with van der Waals surface area (Å²) < 4.78 is 6.19. The molecule has 1 aromatic carbocycles. The van der Waals surface area contributed by atoms with Crippen molar-refractivity contribution in [2.45, 2.75) is 10.8 Å². The van der Waals surface area contributed by atoms with Crippen LogP contribution >= 0.6 is 46.3 Å². The fourth-order valence-corrected chi connectivity index (χ4v) is 4.67. The van der Waals surface area contributed by atoms with Gasteiger partial charge in [0.1, 0.15) is 0 Å². The van der Waals surface area contributed by atoms with E-state index < -0.39 is 0 Å². The summed E-state index contributed by atoms with van der Waals surface area (Å²) in [7, 11) is 0. The molecule has 1 aliphatic heterocycles. The summed E-state index contributed by atoms with van der Waals surface area (Å²) in [6, 6.07) is 5.39. The van der Waals surface area contributed by atoms with Gasteiger partial charge in [0.25, 0.3) is 0 Å². The van der Waals surface area contributed by atoms with Gasteiger partial charge < -0.3 is 9.64 Å². The van der Waals surface area contributed by atoms with Crippen LogP contribution in [0.1, 0.15) is 6.42 Å². The third-order valence-electron chi connectivity index (χ3n) is 3.60. The lowest BCUT2D eigenvalue weighted by Gasteiger charge is -2.26. The third-order valence-corrected chi connectivity index (χ3v) is 6.17. The maximum absolute atomic E-state index is 12.1. The minimum atomic E-state index is 0.184. The number of hydrogen-bond acceptors (Lipinski definition) is 5. The van der Waals surface area contributed by atoms with Gasteiger partial charge in [0, 0.05) is 41.2 Å². The second-order valence-corrected chi connectivity index (χ2v) is 8.26. The standard InChI is InChI=1S/C16H16Cl2N2O2S2/c17-11-1-2-12(13(18)9-11)14-10-24-16(19-14)23-8-3-15(21)20-4-6-22-7-5-20/h1-2,9-10H,3-8H2. The van der Waals surface area contributed by atoms with Crippen molar-refractivity contribution in [2.75, 3.05) is 32.1 Å². The molecule has 0 atom stereocenters. The van der Waals surface area contributed by atoms with Crippen LogP contribution in [0.2, 0.25) is 10.0 Å². The summed E-state index contributed by atoms with van der Waals surface area (Å²) in [4.78, 5) is 18.6. The SMILES string of the molecule is O=C(CCSc1nc(-c2ccc(Cl)cc2Cl)cs1)N1CCOCC1. The van der Waals surface area contributed by atoms with Gasteiger partial charge in [-0.05, 0) is 18.2 Å². The Kier molecular flexibility index (Phi) is 6.41. The van der Waals surface area contributed by atoms with Crippen LogP contribution < -0.4 is 0 Å². The number of thiazole rings is 1. The summed E-state index contributed by atoms with van der Waals surface area (Å²) in [5.41, 5.74) is 1.71. The fraction of sp³-hybridized carbons (Fsp3) is 0.375. The van der Waals surface area contributed by atoms with Crippen LogP contribution in [0.4, 0.5) is 0 Å². The number of morpholine rings is 1. The number of nitrogens with zero attached hydrogens (tertiary/aromatic N) is 2. The Morgan fingerprint density at radius 2 is 2.12 bits per heavy atom. The van der Waals surface area contributed by atoms with Crippen LogP contribution in [0.25, 0.3) is 11.3 Å². The van der Waals surface area contributed by atoms with E-state index in [9.17, 15) is 4.79 Å². The minimum Gasteiger partial charge on any atom is -0.378 e. The van der Waals surface area contributed by atoms with E-state index in [0.29, 0.717) is 42.8 Å². The van der Waals surface area contributed by atoms with Gasteiger partial charge in [-0.25, -0.2) is 4.98 Å². The molecule has 2 aromatic rings. The van der Waals surface area contributed by atoms with E-state index in [1.165, 1.54) is 0 Å². The Labute approximate surface area is 159 Å². The van der Waals surface area contributed by atoms with E-state index in [-0.39, 0.29) is 5.91 Å². The molecule has 0 bridgehead atoms. The molecule has 8 heteroatoms. The van der Waals surface area contributed by atoms with Crippen LogP contribution in [0, 0.1) is 0 Å². The number of hydrogen-bond donors (Lipinski definition) is 0. The first-order valence-corrected chi connectivity index (χ1v) is 10.1. The van der Waals surface area contributed by atoms with Gasteiger partial charge in [-0.2, -0.15) is 0 Å². The van der Waals surface area contributed by atoms with Gasteiger partial charge in [-0.15, -0.1) is 11.3 Å². The number of amides is 1. The van der Waals surface area contributed by atoms with E-state index in [4.69, 9.17) is 27.9 Å². The molecule has 0 N–H and O–H groups in total. The van der Waals surface area contributed by atoms with Crippen molar-refractivity contribution >= 4 is 52.2 Å². The molecule has 2 heterocycles. The van der Waals surface area contributed by atoms with Crippen molar-refractivity contribution in [2.24, 2.45) is 0 Å². The van der Waals surface area contributed by atoms with Gasteiger partial charge >= 0.3 is 0 Å². The molecule has 0 radical (unpaired) electrons. The fourth-order valence-electron chi connectivity index (χ4n) is 2.34. The Balaban J connectivity index is 1.53. The van der Waals surface area contributed by atoms with Crippen molar-refractivity contribution in [3.63, 3.8) is 0 Å². The van der Waals surface area contributed by atoms with Crippen molar-refractivity contribution in [3.05, 3.63) is 33.6 Å². The van der Waals surface area contributed by atoms with Gasteiger partial charge in [0.15, 0.2) is 4.34 Å². The maximum Gasteiger partial charge on any atom is 0.223 e. The molecule has 24 heavy (non-hydrogen) atoms. The highest BCUT2D eigenvalue weighted by Gasteiger charge is 2.16. The predicted molar refractivity (Wildman–Crippen MR) is 100 cm³/mol. The van der Waals surface area contributed by atoms with Crippen LogP contribution in [0.5, 0.6) is 0 Å². The first-order chi connectivity index (χ1) is 11.6. The molecule has 0 spiro atoms. The average Bonchev–Trinajstić information content (AvgIpc) is 3.04. The summed E-state index contributed by atoms with van der Waals surface area (Å²) in [6.45, 7) is 2.66. The molecular formula is C16H16Cl2N2O2S2. The minimum absolute atomic E-state index is 0.184. The summed E-state index contributed by atoms with van der Waals surface area (Å²) in [5, 5.41) is 3.17. The highest BCUT2D eigenvalue weighted by Crippen LogP contribution is 2.33. The van der Waals surface area contributed by atoms with E-state index in [1.807, 2.05) is 16.3 Å². The van der Waals surface area contributed by atoms with E-state index in [1.54, 1.807) is 35.2 Å². The number of aromatic nitrogens is 1. The van der Waals surface area contributed by atoms with Gasteiger partial charge in [0.2, 0.25) is 5.91 Å². The number of thioether (sulfide) groups is 1. The van der Waals surface area contributed by atoms with Gasteiger partial charge in [0.05, 0.1) is 23.9 Å². The molecule has 1 aromatic heterocycles. The monoisotopic (exact) mass is 402 g/mol. The largest absolute Gasteiger partial charge is 0.378 e. The molecule has 0 aliphatic carbocycles. The smallest absolute Gasteiger partial charge is 0.223 e. The lowest BCUT2D eigenvalue weighted by molar-refractivity contribution is -0.134. The van der Waals surface area contributed by atoms with Crippen molar-refractivity contribution in [1.82, 2.24) is 9.88 Å². The van der Waals surface area contributed by atoms with E-state index in [2.05, 4.69) is 4.98 Å². The zero-order valence-corrected chi connectivity index (χ0v) is 16.0. The van der Waals surface area contributed by atoms with Crippen molar-refractivity contribution in [3.8, 4) is 11.3 Å². The molecule has 0 unspecified atom stereocenters. The Morgan fingerprint density at radius 3 is 2.88 bits per heavy atom. The normalized spacial score (nSPS) is 14.8. The summed E-state index contributed by atoms with van der Waals surface area (Å²) >= 11 is 15.3. The summed E-state index contributed by atoms with van der Waals surface area (Å²) in [6.07, 6.45) is 0.515. The molecule has 1 saturated heterocycles. The quantitative estimate of drug-likeness (QED) is 0.692. The second kappa shape index (κ2) is 8.54. The number of rotatable bonds is 5. The van der Waals surface area contributed by atoms with Crippen molar-refractivity contribution < 1.29 is 9.53 Å². The molecule has 128 valence electrons. The molecular weight excluding hydrogens is 387 g/mol. The summed E-state index contributed by atoms with van der Waals surface area (Å²) in [5.74, 6) is 0.903. The average molecular weight is 403 g/mol. The number of carbonyl (C=O) groups excluding carboxylic acids is 1. The van der Waals surface area contributed by atoms with Crippen LogP contribution in [-0.4, -0.2) is 47.8 Å². The Hall–Kier alpha value is -0.790. The van der Waals surface area contributed by atoms with E-state index >= 15 is 0 Å². The molecule has 0 saturated carbocycles. The molecule has 1 aliphatic rings. The third kappa shape index (κ3) is 4.64. The highest BCUT2D eigenvalue weighted by atomic mass is 35.5. The van der Waals surface area contributed by atoms with Gasteiger partial charge in [-0.3, -0.25) is 4.79 Å². The molecule has 4 nitrogen and oxygen atoms in total. The molecule has 1 fully saturated rings. The predicted octanol–water partition coefficient (Wildman–Crippen LogP) is 4.46. The number of ether oxygens (including phenoxy) is 1. The number of halogens is 2. The van der Waals surface area contributed by atoms with Gasteiger partial charge in [-0.1, -0.05) is 35.0 Å². The Bertz CT molecular complexity index is 718. The maximum atomic E-state index is 12.1. The zero-order chi connectivity index (χ0) is 16.9. The highest BCUT2D eigenvalue weighted by molar-refractivity contribution is 8.01. The van der Waals surface area contributed by atoms with Crippen LogP contribution in [0.15, 0.2) is 27.9 Å². The van der Waals surface area contributed by atoms with Crippen molar-refractivity contribution in [1.29, 1.82) is 0 Å². The van der Waals surface area contributed by atoms with E-state index in [0.717, 1.165) is 21.3 Å². The van der Waals surface area contributed by atoms with Crippen LogP contribution in [-0.2, 0) is 9.53 Å². The Morgan fingerprint density at radius 1 is 1.33 bits per heavy atom. The first kappa shape index (κ1) is 18.0. The lowest BCUT2D eigenvalue weighted by Crippen LogP contribution is -2.40. The lowest BCUT2D eigenvalue weighted by atomic mass is 10.2.